The van der Waals surface area contributed by atoms with Crippen LogP contribution < -0.4 is 5.73 Å². The SMILES string of the molecule is Cc1ccc(S(=O)(=O)OCC(COS(=O)(=O)c2ccc(C)cc2)C(C)N)cc1.Cl.Cl.[NH2-].[Pt]. The molecule has 8 nitrogen and oxygen atoms in total. The van der Waals surface area contributed by atoms with E-state index in [9.17, 15) is 16.8 Å². The molecule has 2 aromatic rings. The molecule has 0 radical (unpaired) electrons. The molecule has 0 saturated heterocycles. The Morgan fingerprint density at radius 2 is 1.03 bits per heavy atom. The maximum absolute atomic E-state index is 12.3. The maximum atomic E-state index is 12.3. The molecule has 0 fully saturated rings. The molecular formula is C19H29Cl2N2O6PtS2-. The Labute approximate surface area is 217 Å². The average molecular weight is 712 g/mol. The molecule has 1 unspecified atom stereocenters. The van der Waals surface area contributed by atoms with Gasteiger partial charge in [-0.05, 0) is 45.0 Å². The smallest absolute Gasteiger partial charge is 0.296 e. The third-order valence-electron chi connectivity index (χ3n) is 4.24. The van der Waals surface area contributed by atoms with Crippen LogP contribution in [0.3, 0.4) is 0 Å². The van der Waals surface area contributed by atoms with Crippen LogP contribution in [0.2, 0.25) is 0 Å². The normalized spacial score (nSPS) is 11.9. The van der Waals surface area contributed by atoms with Crippen LogP contribution in [0.5, 0.6) is 0 Å². The molecular weight excluding hydrogens is 682 g/mol. The quantitative estimate of drug-likeness (QED) is 0.388. The van der Waals surface area contributed by atoms with E-state index in [0.717, 1.165) is 11.1 Å². The summed E-state index contributed by atoms with van der Waals surface area (Å²) in [6, 6.07) is 11.9. The summed E-state index contributed by atoms with van der Waals surface area (Å²) >= 11 is 0. The van der Waals surface area contributed by atoms with Crippen molar-refractivity contribution in [2.24, 2.45) is 11.7 Å². The van der Waals surface area contributed by atoms with Gasteiger partial charge in [0, 0.05) is 33.0 Å². The maximum Gasteiger partial charge on any atom is 0.296 e. The molecule has 0 bridgehead atoms. The average Bonchev–Trinajstić information content (AvgIpc) is 2.62. The third-order valence-corrected chi connectivity index (χ3v) is 6.83. The molecule has 188 valence electrons. The Morgan fingerprint density at radius 1 is 0.750 bits per heavy atom. The molecule has 0 aromatic heterocycles. The van der Waals surface area contributed by atoms with Crippen molar-refractivity contribution < 1.29 is 46.3 Å². The Kier molecular flexibility index (Phi) is 17.3. The van der Waals surface area contributed by atoms with Crippen molar-refractivity contribution >= 4 is 45.1 Å². The van der Waals surface area contributed by atoms with Gasteiger partial charge in [0.2, 0.25) is 0 Å². The zero-order valence-corrected chi connectivity index (χ0v) is 23.3. The van der Waals surface area contributed by atoms with Crippen LogP contribution in [0.15, 0.2) is 58.3 Å². The van der Waals surface area contributed by atoms with Crippen molar-refractivity contribution in [2.45, 2.75) is 36.6 Å². The van der Waals surface area contributed by atoms with E-state index in [2.05, 4.69) is 0 Å². The second-order valence-corrected chi connectivity index (χ2v) is 9.95. The fourth-order valence-electron chi connectivity index (χ4n) is 2.25. The second kappa shape index (κ2) is 15.4. The van der Waals surface area contributed by atoms with Gasteiger partial charge in [-0.25, -0.2) is 0 Å². The van der Waals surface area contributed by atoms with E-state index in [1.54, 1.807) is 31.2 Å². The summed E-state index contributed by atoms with van der Waals surface area (Å²) in [5.74, 6) is -0.638. The first kappa shape index (κ1) is 36.0. The fraction of sp³-hybridized carbons (Fsp3) is 0.368. The summed E-state index contributed by atoms with van der Waals surface area (Å²) in [7, 11) is -7.95. The number of hydrogen-bond donors (Lipinski definition) is 1. The summed E-state index contributed by atoms with van der Waals surface area (Å²) in [5, 5.41) is 0. The Bertz CT molecular complexity index is 924. The van der Waals surface area contributed by atoms with Gasteiger partial charge in [0.05, 0.1) is 23.0 Å². The molecule has 13 heteroatoms. The minimum absolute atomic E-state index is 0. The Morgan fingerprint density at radius 3 is 1.28 bits per heavy atom. The van der Waals surface area contributed by atoms with E-state index in [-0.39, 0.29) is 75.0 Å². The molecule has 4 N–H and O–H groups in total. The van der Waals surface area contributed by atoms with Crippen LogP contribution in [-0.4, -0.2) is 36.1 Å². The number of rotatable bonds is 9. The zero-order chi connectivity index (χ0) is 20.9. The van der Waals surface area contributed by atoms with Crippen molar-refractivity contribution in [1.29, 1.82) is 0 Å². The minimum Gasteiger partial charge on any atom is -0.693 e. The topological polar surface area (TPSA) is 146 Å². The first-order valence-electron chi connectivity index (χ1n) is 8.69. The Hall–Kier alpha value is -0.552. The summed E-state index contributed by atoms with van der Waals surface area (Å²) in [4.78, 5) is 0.0458. The van der Waals surface area contributed by atoms with Crippen molar-refractivity contribution in [3.8, 4) is 0 Å². The van der Waals surface area contributed by atoms with E-state index in [1.807, 2.05) is 13.8 Å². The van der Waals surface area contributed by atoms with Crippen LogP contribution in [-0.2, 0) is 49.7 Å². The van der Waals surface area contributed by atoms with E-state index in [4.69, 9.17) is 14.1 Å². The summed E-state index contributed by atoms with van der Waals surface area (Å²) in [5.41, 5.74) is 7.70. The largest absolute Gasteiger partial charge is 0.693 e. The van der Waals surface area contributed by atoms with Gasteiger partial charge in [0.25, 0.3) is 20.2 Å². The van der Waals surface area contributed by atoms with E-state index >= 15 is 0 Å². The third kappa shape index (κ3) is 10.6. The van der Waals surface area contributed by atoms with Crippen LogP contribution in [0.25, 0.3) is 6.15 Å². The van der Waals surface area contributed by atoms with Gasteiger partial charge in [0.1, 0.15) is 0 Å². The molecule has 0 saturated carbocycles. The number of hydrogen-bond acceptors (Lipinski definition) is 7. The van der Waals surface area contributed by atoms with Gasteiger partial charge >= 0.3 is 0 Å². The summed E-state index contributed by atoms with van der Waals surface area (Å²) < 4.78 is 59.4. The van der Waals surface area contributed by atoms with E-state index in [1.165, 1.54) is 24.3 Å². The second-order valence-electron chi connectivity index (χ2n) is 6.72. The molecule has 0 heterocycles. The van der Waals surface area contributed by atoms with E-state index < -0.39 is 32.2 Å². The fourth-order valence-corrected chi connectivity index (χ4v) is 4.17. The summed E-state index contributed by atoms with van der Waals surface area (Å²) in [6.45, 7) is 4.73. The van der Waals surface area contributed by atoms with Gasteiger partial charge < -0.3 is 11.9 Å². The predicted molar refractivity (Wildman–Crippen MR) is 126 cm³/mol. The summed E-state index contributed by atoms with van der Waals surface area (Å²) in [6.07, 6.45) is 0. The predicted octanol–water partition coefficient (Wildman–Crippen LogP) is 3.94. The van der Waals surface area contributed by atoms with Crippen molar-refractivity contribution in [2.75, 3.05) is 13.2 Å². The molecule has 2 aromatic carbocycles. The van der Waals surface area contributed by atoms with Crippen LogP contribution >= 0.6 is 24.8 Å². The number of nitrogens with two attached hydrogens (primary N) is 2. The molecule has 0 spiro atoms. The molecule has 0 aliphatic rings. The van der Waals surface area contributed by atoms with Crippen molar-refractivity contribution in [3.63, 3.8) is 0 Å². The number of aryl methyl sites for hydroxylation is 2. The van der Waals surface area contributed by atoms with Crippen molar-refractivity contribution in [3.05, 3.63) is 65.8 Å². The first-order chi connectivity index (χ1) is 13.0. The van der Waals surface area contributed by atoms with E-state index in [0.29, 0.717) is 0 Å². The number of benzene rings is 2. The molecule has 32 heavy (non-hydrogen) atoms. The molecule has 0 aliphatic carbocycles. The standard InChI is InChI=1S/C19H25NO6S2.2ClH.H2N.Pt/c1-14-4-8-18(9-5-14)27(21,22)25-12-17(16(3)20)13-26-28(23,24)19-10-6-15(2)7-11-19;;;;/h4-11,16-17H,12-13,20H2,1-3H3;2*1H;1H2;/q;;;-1;. The van der Waals surface area contributed by atoms with Gasteiger partial charge in [-0.2, -0.15) is 16.8 Å². The van der Waals surface area contributed by atoms with Gasteiger partial charge in [0.15, 0.2) is 0 Å². The zero-order valence-electron chi connectivity index (χ0n) is 17.7. The van der Waals surface area contributed by atoms with Gasteiger partial charge in [-0.3, -0.25) is 8.37 Å². The molecule has 1 atom stereocenters. The van der Waals surface area contributed by atoms with Crippen LogP contribution in [0.1, 0.15) is 18.1 Å². The van der Waals surface area contributed by atoms with Crippen LogP contribution in [0.4, 0.5) is 0 Å². The molecule has 0 amide bonds. The molecule has 2 rings (SSSR count). The first-order valence-corrected chi connectivity index (χ1v) is 11.5. The van der Waals surface area contributed by atoms with Gasteiger partial charge in [-0.1, -0.05) is 35.4 Å². The number of halogens is 2. The monoisotopic (exact) mass is 710 g/mol. The van der Waals surface area contributed by atoms with Crippen molar-refractivity contribution in [1.82, 2.24) is 0 Å². The Balaban J connectivity index is -0.00000210. The van der Waals surface area contributed by atoms with Gasteiger partial charge in [-0.15, -0.1) is 24.8 Å². The minimum atomic E-state index is -3.98. The molecule has 0 aliphatic heterocycles. The van der Waals surface area contributed by atoms with Crippen LogP contribution in [0, 0.1) is 19.8 Å².